The standard InChI is InChI=1S/C20H25N3OS/c1-15-5-6-18-16(12-15)13-19(25-18)20(24)23-10-8-22(9-11-23)14-17-4-2-3-7-21-17/h2-4,7,13,15H,5-6,8-12,14H2,1H3. The normalized spacial score (nSPS) is 21.2. The lowest BCUT2D eigenvalue weighted by molar-refractivity contribution is 0.0631. The second-order valence-electron chi connectivity index (χ2n) is 7.30. The molecule has 1 unspecified atom stereocenters. The Bertz CT molecular complexity index is 735. The predicted octanol–water partition coefficient (Wildman–Crippen LogP) is 3.23. The maximum absolute atomic E-state index is 12.9. The minimum absolute atomic E-state index is 0.226. The molecule has 0 spiro atoms. The Hall–Kier alpha value is -1.72. The third-order valence-electron chi connectivity index (χ3n) is 5.31. The summed E-state index contributed by atoms with van der Waals surface area (Å²) >= 11 is 1.73. The molecule has 0 N–H and O–H groups in total. The number of carbonyl (C=O) groups excluding carboxylic acids is 1. The third-order valence-corrected chi connectivity index (χ3v) is 6.54. The van der Waals surface area contributed by atoms with Gasteiger partial charge in [-0.3, -0.25) is 14.7 Å². The minimum Gasteiger partial charge on any atom is -0.335 e. The van der Waals surface area contributed by atoms with Crippen LogP contribution in [-0.4, -0.2) is 46.9 Å². The minimum atomic E-state index is 0.226. The third kappa shape index (κ3) is 3.77. The number of aryl methyl sites for hydroxylation is 1. The van der Waals surface area contributed by atoms with Gasteiger partial charge in [-0.25, -0.2) is 0 Å². The molecule has 132 valence electrons. The highest BCUT2D eigenvalue weighted by molar-refractivity contribution is 7.14. The van der Waals surface area contributed by atoms with Crippen LogP contribution in [0.4, 0.5) is 0 Å². The Labute approximate surface area is 153 Å². The fourth-order valence-electron chi connectivity index (χ4n) is 3.80. The van der Waals surface area contributed by atoms with E-state index in [4.69, 9.17) is 0 Å². The van der Waals surface area contributed by atoms with Gasteiger partial charge in [0.05, 0.1) is 10.6 Å². The van der Waals surface area contributed by atoms with Crippen molar-refractivity contribution in [2.45, 2.75) is 32.7 Å². The molecule has 0 aromatic carbocycles. The van der Waals surface area contributed by atoms with E-state index < -0.39 is 0 Å². The van der Waals surface area contributed by atoms with Gasteiger partial charge in [0.2, 0.25) is 0 Å². The first-order chi connectivity index (χ1) is 12.2. The van der Waals surface area contributed by atoms with Crippen LogP contribution in [0.5, 0.6) is 0 Å². The number of piperazine rings is 1. The van der Waals surface area contributed by atoms with E-state index in [9.17, 15) is 4.79 Å². The average Bonchev–Trinajstić information content (AvgIpc) is 3.06. The molecule has 4 nitrogen and oxygen atoms in total. The number of hydrogen-bond donors (Lipinski definition) is 0. The highest BCUT2D eigenvalue weighted by Gasteiger charge is 2.26. The maximum Gasteiger partial charge on any atom is 0.264 e. The van der Waals surface area contributed by atoms with Gasteiger partial charge in [0.15, 0.2) is 0 Å². The van der Waals surface area contributed by atoms with E-state index in [-0.39, 0.29) is 5.91 Å². The lowest BCUT2D eigenvalue weighted by Crippen LogP contribution is -2.48. The predicted molar refractivity (Wildman–Crippen MR) is 101 cm³/mol. The van der Waals surface area contributed by atoms with Gasteiger partial charge in [-0.15, -0.1) is 11.3 Å². The molecule has 2 aromatic rings. The van der Waals surface area contributed by atoms with Crippen LogP contribution in [-0.2, 0) is 19.4 Å². The molecule has 0 saturated carbocycles. The van der Waals surface area contributed by atoms with Crippen molar-refractivity contribution in [3.8, 4) is 0 Å². The fourth-order valence-corrected chi connectivity index (χ4v) is 4.97. The molecule has 2 aromatic heterocycles. The molecule has 0 radical (unpaired) electrons. The quantitative estimate of drug-likeness (QED) is 0.848. The second-order valence-corrected chi connectivity index (χ2v) is 8.43. The van der Waals surface area contributed by atoms with E-state index in [1.165, 1.54) is 16.9 Å². The smallest absolute Gasteiger partial charge is 0.264 e. The van der Waals surface area contributed by atoms with Crippen molar-refractivity contribution in [3.63, 3.8) is 0 Å². The van der Waals surface area contributed by atoms with Crippen LogP contribution in [0.3, 0.4) is 0 Å². The molecular weight excluding hydrogens is 330 g/mol. The molecule has 1 fully saturated rings. The zero-order valence-electron chi connectivity index (χ0n) is 14.8. The van der Waals surface area contributed by atoms with E-state index in [0.717, 1.165) is 62.1 Å². The zero-order valence-corrected chi connectivity index (χ0v) is 15.6. The summed E-state index contributed by atoms with van der Waals surface area (Å²) in [5.41, 5.74) is 2.52. The van der Waals surface area contributed by atoms with Gasteiger partial charge < -0.3 is 4.90 Å². The van der Waals surface area contributed by atoms with E-state index in [0.29, 0.717) is 0 Å². The van der Waals surface area contributed by atoms with E-state index in [2.05, 4.69) is 28.9 Å². The summed E-state index contributed by atoms with van der Waals surface area (Å²) in [6.45, 7) is 6.64. The van der Waals surface area contributed by atoms with Crippen molar-refractivity contribution in [1.29, 1.82) is 0 Å². The number of pyridine rings is 1. The molecule has 1 saturated heterocycles. The van der Waals surface area contributed by atoms with Crippen LogP contribution in [0, 0.1) is 5.92 Å². The molecule has 1 aliphatic heterocycles. The molecule has 1 atom stereocenters. The van der Waals surface area contributed by atoms with Crippen molar-refractivity contribution >= 4 is 17.2 Å². The van der Waals surface area contributed by atoms with Crippen molar-refractivity contribution in [2.24, 2.45) is 5.92 Å². The van der Waals surface area contributed by atoms with Gasteiger partial charge in [0.1, 0.15) is 0 Å². The number of rotatable bonds is 3. The van der Waals surface area contributed by atoms with Gasteiger partial charge >= 0.3 is 0 Å². The summed E-state index contributed by atoms with van der Waals surface area (Å²) in [4.78, 5) is 24.1. The van der Waals surface area contributed by atoms with Crippen molar-refractivity contribution in [1.82, 2.24) is 14.8 Å². The summed E-state index contributed by atoms with van der Waals surface area (Å²) in [5, 5.41) is 0. The number of amides is 1. The highest BCUT2D eigenvalue weighted by Crippen LogP contribution is 2.32. The first-order valence-corrected chi connectivity index (χ1v) is 10.0. The topological polar surface area (TPSA) is 36.4 Å². The van der Waals surface area contributed by atoms with Gasteiger partial charge in [0, 0.05) is 43.8 Å². The Kier molecular flexibility index (Phi) is 4.86. The Morgan fingerprint density at radius 1 is 1.28 bits per heavy atom. The number of fused-ring (bicyclic) bond motifs is 1. The zero-order chi connectivity index (χ0) is 17.2. The van der Waals surface area contributed by atoms with Gasteiger partial charge in [-0.2, -0.15) is 0 Å². The average molecular weight is 356 g/mol. The molecule has 2 aliphatic rings. The Morgan fingerprint density at radius 3 is 2.88 bits per heavy atom. The number of thiophene rings is 1. The maximum atomic E-state index is 12.9. The molecule has 5 heteroatoms. The van der Waals surface area contributed by atoms with Gasteiger partial charge in [-0.1, -0.05) is 13.0 Å². The van der Waals surface area contributed by atoms with Crippen LogP contribution in [0.2, 0.25) is 0 Å². The molecular formula is C20H25N3OS. The van der Waals surface area contributed by atoms with E-state index in [1.807, 2.05) is 23.2 Å². The summed E-state index contributed by atoms with van der Waals surface area (Å²) in [6.07, 6.45) is 5.38. The second kappa shape index (κ2) is 7.26. The van der Waals surface area contributed by atoms with Crippen LogP contribution in [0.1, 0.15) is 39.2 Å². The first kappa shape index (κ1) is 16.7. The first-order valence-electron chi connectivity index (χ1n) is 9.22. The lowest BCUT2D eigenvalue weighted by atomic mass is 9.90. The largest absolute Gasteiger partial charge is 0.335 e. The Morgan fingerprint density at radius 2 is 2.12 bits per heavy atom. The molecule has 0 bridgehead atoms. The lowest BCUT2D eigenvalue weighted by Gasteiger charge is -2.34. The number of nitrogens with zero attached hydrogens (tertiary/aromatic N) is 3. The van der Waals surface area contributed by atoms with Gasteiger partial charge in [0.25, 0.3) is 5.91 Å². The SMILES string of the molecule is CC1CCc2sc(C(=O)N3CCN(Cc4ccccn4)CC3)cc2C1. The highest BCUT2D eigenvalue weighted by atomic mass is 32.1. The van der Waals surface area contributed by atoms with Crippen molar-refractivity contribution < 1.29 is 4.79 Å². The summed E-state index contributed by atoms with van der Waals surface area (Å²) in [6, 6.07) is 8.20. The van der Waals surface area contributed by atoms with Crippen LogP contribution in [0.25, 0.3) is 0 Å². The van der Waals surface area contributed by atoms with Crippen LogP contribution in [0.15, 0.2) is 30.5 Å². The summed E-state index contributed by atoms with van der Waals surface area (Å²) in [5.74, 6) is 0.977. The molecule has 4 rings (SSSR count). The van der Waals surface area contributed by atoms with E-state index >= 15 is 0 Å². The Balaban J connectivity index is 1.35. The number of hydrogen-bond acceptors (Lipinski definition) is 4. The van der Waals surface area contributed by atoms with E-state index in [1.54, 1.807) is 11.3 Å². The summed E-state index contributed by atoms with van der Waals surface area (Å²) < 4.78 is 0. The van der Waals surface area contributed by atoms with Gasteiger partial charge in [-0.05, 0) is 48.9 Å². The summed E-state index contributed by atoms with van der Waals surface area (Å²) in [7, 11) is 0. The monoisotopic (exact) mass is 355 g/mol. The van der Waals surface area contributed by atoms with Crippen LogP contribution >= 0.6 is 11.3 Å². The van der Waals surface area contributed by atoms with Crippen molar-refractivity contribution in [2.75, 3.05) is 26.2 Å². The number of carbonyl (C=O) groups is 1. The fraction of sp³-hybridized carbons (Fsp3) is 0.500. The van der Waals surface area contributed by atoms with Crippen LogP contribution < -0.4 is 0 Å². The molecule has 25 heavy (non-hydrogen) atoms. The molecule has 1 aliphatic carbocycles. The van der Waals surface area contributed by atoms with Crippen molar-refractivity contribution in [3.05, 3.63) is 51.5 Å². The molecule has 1 amide bonds. The molecule has 3 heterocycles. The number of aromatic nitrogens is 1.